The maximum Gasteiger partial charge on any atom is 0.417 e. The van der Waals surface area contributed by atoms with Crippen LogP contribution in [0.25, 0.3) is 0 Å². The molecule has 0 atom stereocenters. The first-order chi connectivity index (χ1) is 16.3. The van der Waals surface area contributed by atoms with Crippen LogP contribution in [0.4, 0.5) is 18.0 Å². The number of aromatic nitrogens is 2. The fourth-order valence-electron chi connectivity index (χ4n) is 3.42. The molecule has 2 aromatic heterocycles. The van der Waals surface area contributed by atoms with E-state index in [-0.39, 0.29) is 5.88 Å². The SMILES string of the molecule is Cc1nc(CCN2CCN(C(=O)Oc3ccc(Oc4ccc(C(F)(F)F)cn4)cc3)CC2)cs1. The zero-order valence-electron chi connectivity index (χ0n) is 18.4. The molecule has 1 aromatic carbocycles. The van der Waals surface area contributed by atoms with Crippen molar-refractivity contribution >= 4 is 17.4 Å². The van der Waals surface area contributed by atoms with Crippen molar-refractivity contribution in [2.45, 2.75) is 19.5 Å². The van der Waals surface area contributed by atoms with Crippen molar-refractivity contribution in [2.24, 2.45) is 0 Å². The minimum absolute atomic E-state index is 0.0283. The minimum Gasteiger partial charge on any atom is -0.439 e. The number of nitrogens with zero attached hydrogens (tertiary/aromatic N) is 4. The summed E-state index contributed by atoms with van der Waals surface area (Å²) in [5.41, 5.74) is 0.253. The Kier molecular flexibility index (Phi) is 7.32. The van der Waals surface area contributed by atoms with E-state index in [1.165, 1.54) is 0 Å². The van der Waals surface area contributed by atoms with E-state index >= 15 is 0 Å². The van der Waals surface area contributed by atoms with Crippen LogP contribution >= 0.6 is 11.3 Å². The van der Waals surface area contributed by atoms with Crippen LogP contribution in [0.5, 0.6) is 17.4 Å². The van der Waals surface area contributed by atoms with E-state index in [2.05, 4.69) is 20.2 Å². The lowest BCUT2D eigenvalue weighted by Crippen LogP contribution is -2.49. The van der Waals surface area contributed by atoms with Crippen molar-refractivity contribution in [3.8, 4) is 17.4 Å². The smallest absolute Gasteiger partial charge is 0.417 e. The van der Waals surface area contributed by atoms with E-state index in [1.807, 2.05) is 6.92 Å². The fourth-order valence-corrected chi connectivity index (χ4v) is 4.07. The summed E-state index contributed by atoms with van der Waals surface area (Å²) >= 11 is 1.65. The summed E-state index contributed by atoms with van der Waals surface area (Å²) in [4.78, 5) is 24.6. The van der Waals surface area contributed by atoms with Crippen LogP contribution in [0.1, 0.15) is 16.3 Å². The standard InChI is InChI=1S/C23H23F3N4O3S/c1-16-28-18(15-34-16)8-9-29-10-12-30(13-11-29)22(31)33-20-5-3-19(4-6-20)32-21-7-2-17(14-27-21)23(24,25)26/h2-7,14-15H,8-13H2,1H3. The molecular weight excluding hydrogens is 469 g/mol. The Bertz CT molecular complexity index is 1100. The van der Waals surface area contributed by atoms with Crippen molar-refractivity contribution in [2.75, 3.05) is 32.7 Å². The molecule has 0 N–H and O–H groups in total. The lowest BCUT2D eigenvalue weighted by atomic mass is 10.2. The minimum atomic E-state index is -4.45. The van der Waals surface area contributed by atoms with E-state index < -0.39 is 17.8 Å². The lowest BCUT2D eigenvalue weighted by molar-refractivity contribution is -0.137. The fraction of sp³-hybridized carbons (Fsp3) is 0.348. The van der Waals surface area contributed by atoms with Crippen molar-refractivity contribution in [1.29, 1.82) is 0 Å². The second-order valence-corrected chi connectivity index (χ2v) is 8.82. The number of carbonyl (C=O) groups is 1. The van der Waals surface area contributed by atoms with Gasteiger partial charge in [-0.3, -0.25) is 4.90 Å². The number of aryl methyl sites for hydroxylation is 1. The Balaban J connectivity index is 1.22. The Labute approximate surface area is 198 Å². The topological polar surface area (TPSA) is 67.8 Å². The van der Waals surface area contributed by atoms with Gasteiger partial charge < -0.3 is 14.4 Å². The molecule has 1 aliphatic rings. The summed E-state index contributed by atoms with van der Waals surface area (Å²) < 4.78 is 48.7. The number of carbonyl (C=O) groups excluding carboxylic acids is 1. The number of pyridine rings is 1. The highest BCUT2D eigenvalue weighted by atomic mass is 32.1. The molecular formula is C23H23F3N4O3S. The maximum absolute atomic E-state index is 12.6. The number of hydrogen-bond donors (Lipinski definition) is 0. The van der Waals surface area contributed by atoms with Crippen LogP contribution in [0.3, 0.4) is 0 Å². The summed E-state index contributed by atoms with van der Waals surface area (Å²) in [5, 5.41) is 3.15. The van der Waals surface area contributed by atoms with Gasteiger partial charge in [-0.2, -0.15) is 13.2 Å². The van der Waals surface area contributed by atoms with E-state index in [4.69, 9.17) is 9.47 Å². The van der Waals surface area contributed by atoms with Crippen LogP contribution < -0.4 is 9.47 Å². The van der Waals surface area contributed by atoms with Crippen molar-refractivity contribution < 1.29 is 27.4 Å². The van der Waals surface area contributed by atoms with Gasteiger partial charge in [-0.05, 0) is 37.3 Å². The van der Waals surface area contributed by atoms with Gasteiger partial charge in [0, 0.05) is 56.8 Å². The second kappa shape index (κ2) is 10.4. The number of benzene rings is 1. The van der Waals surface area contributed by atoms with Gasteiger partial charge in [0.15, 0.2) is 0 Å². The Morgan fingerprint density at radius 1 is 1.06 bits per heavy atom. The number of ether oxygens (including phenoxy) is 2. The monoisotopic (exact) mass is 492 g/mol. The normalized spacial score (nSPS) is 14.8. The highest BCUT2D eigenvalue weighted by Crippen LogP contribution is 2.30. The van der Waals surface area contributed by atoms with Crippen LogP contribution in [0.2, 0.25) is 0 Å². The average Bonchev–Trinajstić information content (AvgIpc) is 3.24. The number of thiazole rings is 1. The molecule has 0 saturated carbocycles. The van der Waals surface area contributed by atoms with Crippen LogP contribution in [-0.4, -0.2) is 58.6 Å². The van der Waals surface area contributed by atoms with Crippen LogP contribution in [-0.2, 0) is 12.6 Å². The molecule has 3 aromatic rings. The van der Waals surface area contributed by atoms with Gasteiger partial charge in [-0.15, -0.1) is 11.3 Å². The van der Waals surface area contributed by atoms with E-state index in [0.29, 0.717) is 30.8 Å². The quantitative estimate of drug-likeness (QED) is 0.482. The number of rotatable bonds is 6. The number of halogens is 3. The van der Waals surface area contributed by atoms with E-state index in [0.717, 1.165) is 48.9 Å². The predicted octanol–water partition coefficient (Wildman–Crippen LogP) is 5.02. The van der Waals surface area contributed by atoms with Gasteiger partial charge in [-0.1, -0.05) is 0 Å². The molecule has 1 amide bonds. The molecule has 1 fully saturated rings. The molecule has 0 radical (unpaired) electrons. The largest absolute Gasteiger partial charge is 0.439 e. The molecule has 1 saturated heterocycles. The summed E-state index contributed by atoms with van der Waals surface area (Å²) in [5.74, 6) is 0.732. The van der Waals surface area contributed by atoms with Gasteiger partial charge in [0.25, 0.3) is 0 Å². The van der Waals surface area contributed by atoms with Gasteiger partial charge in [-0.25, -0.2) is 14.8 Å². The lowest BCUT2D eigenvalue weighted by Gasteiger charge is -2.33. The molecule has 180 valence electrons. The number of hydrogen-bond acceptors (Lipinski definition) is 7. The Hall–Kier alpha value is -3.18. The van der Waals surface area contributed by atoms with Crippen LogP contribution in [0.15, 0.2) is 48.0 Å². The Morgan fingerprint density at radius 3 is 2.35 bits per heavy atom. The number of amides is 1. The molecule has 0 unspecified atom stereocenters. The van der Waals surface area contributed by atoms with Gasteiger partial charge >= 0.3 is 12.3 Å². The molecule has 11 heteroatoms. The molecule has 1 aliphatic heterocycles. The molecule has 3 heterocycles. The molecule has 7 nitrogen and oxygen atoms in total. The third-order valence-corrected chi connectivity index (χ3v) is 6.12. The van der Waals surface area contributed by atoms with Gasteiger partial charge in [0.05, 0.1) is 16.3 Å². The van der Waals surface area contributed by atoms with Gasteiger partial charge in [0.2, 0.25) is 5.88 Å². The number of alkyl halides is 3. The van der Waals surface area contributed by atoms with Crippen molar-refractivity contribution in [1.82, 2.24) is 19.8 Å². The molecule has 34 heavy (non-hydrogen) atoms. The molecule has 0 spiro atoms. The van der Waals surface area contributed by atoms with Gasteiger partial charge in [0.1, 0.15) is 11.5 Å². The van der Waals surface area contributed by atoms with E-state index in [1.54, 1.807) is 40.5 Å². The predicted molar refractivity (Wildman–Crippen MR) is 120 cm³/mol. The molecule has 0 aliphatic carbocycles. The average molecular weight is 493 g/mol. The maximum atomic E-state index is 12.6. The third kappa shape index (κ3) is 6.45. The summed E-state index contributed by atoms with van der Waals surface area (Å²) in [6.45, 7) is 5.60. The summed E-state index contributed by atoms with van der Waals surface area (Å²) in [7, 11) is 0. The van der Waals surface area contributed by atoms with Crippen molar-refractivity contribution in [3.63, 3.8) is 0 Å². The first-order valence-electron chi connectivity index (χ1n) is 10.7. The van der Waals surface area contributed by atoms with E-state index in [9.17, 15) is 18.0 Å². The zero-order chi connectivity index (χ0) is 24.1. The first-order valence-corrected chi connectivity index (χ1v) is 11.6. The zero-order valence-corrected chi connectivity index (χ0v) is 19.2. The molecule has 4 rings (SSSR count). The molecule has 0 bridgehead atoms. The second-order valence-electron chi connectivity index (χ2n) is 7.76. The van der Waals surface area contributed by atoms with Crippen LogP contribution in [0, 0.1) is 6.92 Å². The summed E-state index contributed by atoms with van der Waals surface area (Å²) in [6, 6.07) is 8.28. The summed E-state index contributed by atoms with van der Waals surface area (Å²) in [6.07, 6.45) is -3.27. The van der Waals surface area contributed by atoms with Crippen molar-refractivity contribution in [3.05, 3.63) is 64.2 Å². The highest BCUT2D eigenvalue weighted by molar-refractivity contribution is 7.09. The first kappa shape index (κ1) is 24.0. The number of piperazine rings is 1. The Morgan fingerprint density at radius 2 is 1.76 bits per heavy atom. The third-order valence-electron chi connectivity index (χ3n) is 5.30. The highest BCUT2D eigenvalue weighted by Gasteiger charge is 2.30.